The van der Waals surface area contributed by atoms with Crippen LogP contribution >= 0.6 is 0 Å². The van der Waals surface area contributed by atoms with E-state index in [2.05, 4.69) is 39.1 Å². The SMILES string of the molecule is c1ccc(OC[C@H]2CCOC23CN(Cc2cccc4[nH]ccc24)C3)nc1. The van der Waals surface area contributed by atoms with Crippen LogP contribution in [0.2, 0.25) is 0 Å². The van der Waals surface area contributed by atoms with Crippen molar-refractivity contribution in [1.82, 2.24) is 14.9 Å². The summed E-state index contributed by atoms with van der Waals surface area (Å²) >= 11 is 0. The highest BCUT2D eigenvalue weighted by molar-refractivity contribution is 5.82. The van der Waals surface area contributed by atoms with Crippen LogP contribution < -0.4 is 4.74 Å². The van der Waals surface area contributed by atoms with Crippen molar-refractivity contribution < 1.29 is 9.47 Å². The number of pyridine rings is 1. The van der Waals surface area contributed by atoms with Crippen molar-refractivity contribution in [1.29, 1.82) is 0 Å². The maximum absolute atomic E-state index is 6.17. The van der Waals surface area contributed by atoms with Gasteiger partial charge in [0.2, 0.25) is 5.88 Å². The van der Waals surface area contributed by atoms with E-state index in [-0.39, 0.29) is 5.60 Å². The topological polar surface area (TPSA) is 50.4 Å². The molecule has 2 aliphatic rings. The predicted molar refractivity (Wildman–Crippen MR) is 100 cm³/mol. The van der Waals surface area contributed by atoms with E-state index in [4.69, 9.17) is 9.47 Å². The Morgan fingerprint density at radius 1 is 1.19 bits per heavy atom. The molecule has 0 bridgehead atoms. The van der Waals surface area contributed by atoms with Gasteiger partial charge in [-0.3, -0.25) is 4.90 Å². The van der Waals surface area contributed by atoms with E-state index in [1.165, 1.54) is 16.5 Å². The highest BCUT2D eigenvalue weighted by Gasteiger charge is 2.53. The summed E-state index contributed by atoms with van der Waals surface area (Å²) in [5, 5.41) is 1.32. The number of rotatable bonds is 5. The fourth-order valence-electron chi connectivity index (χ4n) is 4.34. The maximum atomic E-state index is 6.17. The van der Waals surface area contributed by atoms with E-state index in [0.717, 1.165) is 32.7 Å². The molecule has 2 fully saturated rings. The van der Waals surface area contributed by atoms with Crippen LogP contribution in [0.4, 0.5) is 0 Å². The second-order valence-electron chi connectivity index (χ2n) is 7.38. The predicted octanol–water partition coefficient (Wildman–Crippen LogP) is 3.23. The number of aromatic amines is 1. The molecule has 4 heterocycles. The first-order valence-corrected chi connectivity index (χ1v) is 9.28. The van der Waals surface area contributed by atoms with Gasteiger partial charge >= 0.3 is 0 Å². The van der Waals surface area contributed by atoms with E-state index in [9.17, 15) is 0 Å². The molecule has 0 saturated carbocycles. The minimum absolute atomic E-state index is 0.0409. The Hall–Kier alpha value is -2.37. The monoisotopic (exact) mass is 349 g/mol. The van der Waals surface area contributed by atoms with Crippen molar-refractivity contribution in [2.75, 3.05) is 26.3 Å². The van der Waals surface area contributed by atoms with Crippen molar-refractivity contribution in [3.8, 4) is 5.88 Å². The van der Waals surface area contributed by atoms with Gasteiger partial charge in [0, 0.05) is 61.5 Å². The number of likely N-dealkylation sites (tertiary alicyclic amines) is 1. The molecule has 2 aliphatic heterocycles. The zero-order chi connectivity index (χ0) is 17.4. The molecule has 1 aromatic carbocycles. The van der Waals surface area contributed by atoms with Gasteiger partial charge in [-0.1, -0.05) is 18.2 Å². The zero-order valence-electron chi connectivity index (χ0n) is 14.7. The molecule has 1 atom stereocenters. The third-order valence-corrected chi connectivity index (χ3v) is 5.73. The Bertz CT molecular complexity index is 886. The summed E-state index contributed by atoms with van der Waals surface area (Å²) in [5.74, 6) is 1.13. The summed E-state index contributed by atoms with van der Waals surface area (Å²) in [5.41, 5.74) is 2.54. The number of aromatic nitrogens is 2. The minimum atomic E-state index is -0.0409. The summed E-state index contributed by atoms with van der Waals surface area (Å²) in [6.07, 6.45) is 4.84. The van der Waals surface area contributed by atoms with Crippen LogP contribution in [-0.2, 0) is 11.3 Å². The molecule has 0 unspecified atom stereocenters. The second-order valence-corrected chi connectivity index (χ2v) is 7.38. The second kappa shape index (κ2) is 6.41. The van der Waals surface area contributed by atoms with Gasteiger partial charge in [0.15, 0.2) is 0 Å². The lowest BCUT2D eigenvalue weighted by atomic mass is 9.81. The number of H-pyrrole nitrogens is 1. The van der Waals surface area contributed by atoms with Crippen molar-refractivity contribution in [2.45, 2.75) is 18.6 Å². The van der Waals surface area contributed by atoms with E-state index in [0.29, 0.717) is 18.4 Å². The quantitative estimate of drug-likeness (QED) is 0.768. The van der Waals surface area contributed by atoms with Crippen molar-refractivity contribution >= 4 is 10.9 Å². The Labute approximate surface area is 152 Å². The van der Waals surface area contributed by atoms with Gasteiger partial charge in [-0.15, -0.1) is 0 Å². The molecule has 1 N–H and O–H groups in total. The number of hydrogen-bond donors (Lipinski definition) is 1. The molecule has 5 rings (SSSR count). The van der Waals surface area contributed by atoms with Crippen LogP contribution in [-0.4, -0.2) is 46.8 Å². The third-order valence-electron chi connectivity index (χ3n) is 5.73. The van der Waals surface area contributed by atoms with E-state index in [1.807, 2.05) is 24.4 Å². The van der Waals surface area contributed by atoms with Crippen LogP contribution in [0.15, 0.2) is 54.9 Å². The van der Waals surface area contributed by atoms with Gasteiger partial charge in [-0.25, -0.2) is 4.98 Å². The van der Waals surface area contributed by atoms with Crippen LogP contribution in [0.5, 0.6) is 5.88 Å². The molecule has 1 spiro atoms. The number of benzene rings is 1. The first kappa shape index (κ1) is 15.9. The zero-order valence-corrected chi connectivity index (χ0v) is 14.7. The normalized spacial score (nSPS) is 21.9. The maximum Gasteiger partial charge on any atom is 0.213 e. The number of ether oxygens (including phenoxy) is 2. The first-order chi connectivity index (χ1) is 12.8. The van der Waals surface area contributed by atoms with E-state index < -0.39 is 0 Å². The molecular formula is C21H23N3O2. The van der Waals surface area contributed by atoms with Crippen LogP contribution in [0.3, 0.4) is 0 Å². The van der Waals surface area contributed by atoms with Crippen LogP contribution in [0.1, 0.15) is 12.0 Å². The molecule has 3 aromatic rings. The van der Waals surface area contributed by atoms with E-state index >= 15 is 0 Å². The molecule has 2 saturated heterocycles. The summed E-state index contributed by atoms with van der Waals surface area (Å²) in [4.78, 5) is 10.0. The van der Waals surface area contributed by atoms with E-state index in [1.54, 1.807) is 6.20 Å². The lowest BCUT2D eigenvalue weighted by Gasteiger charge is -2.50. The van der Waals surface area contributed by atoms with Gasteiger partial charge in [-0.05, 0) is 30.2 Å². The van der Waals surface area contributed by atoms with Gasteiger partial charge in [0.05, 0.1) is 12.2 Å². The number of hydrogen-bond acceptors (Lipinski definition) is 4. The fraction of sp³-hybridized carbons (Fsp3) is 0.381. The highest BCUT2D eigenvalue weighted by Crippen LogP contribution is 2.41. The first-order valence-electron chi connectivity index (χ1n) is 9.28. The number of nitrogens with one attached hydrogen (secondary N) is 1. The smallest absolute Gasteiger partial charge is 0.213 e. The lowest BCUT2D eigenvalue weighted by Crippen LogP contribution is -2.64. The molecule has 0 aliphatic carbocycles. The Kier molecular flexibility index (Phi) is 3.91. The summed E-state index contributed by atoms with van der Waals surface area (Å²) < 4.78 is 12.1. The fourth-order valence-corrected chi connectivity index (χ4v) is 4.34. The minimum Gasteiger partial charge on any atom is -0.477 e. The van der Waals surface area contributed by atoms with Crippen molar-refractivity contribution in [3.05, 3.63) is 60.4 Å². The number of nitrogens with zero attached hydrogens (tertiary/aromatic N) is 2. The van der Waals surface area contributed by atoms with Gasteiger partial charge in [0.25, 0.3) is 0 Å². The van der Waals surface area contributed by atoms with Crippen molar-refractivity contribution in [2.24, 2.45) is 5.92 Å². The van der Waals surface area contributed by atoms with Gasteiger partial charge in [0.1, 0.15) is 0 Å². The molecule has 0 amide bonds. The van der Waals surface area contributed by atoms with Gasteiger partial charge < -0.3 is 14.5 Å². The third kappa shape index (κ3) is 2.77. The average molecular weight is 349 g/mol. The molecule has 5 heteroatoms. The molecule has 5 nitrogen and oxygen atoms in total. The lowest BCUT2D eigenvalue weighted by molar-refractivity contribution is -0.140. The molecule has 0 radical (unpaired) electrons. The number of fused-ring (bicyclic) bond motifs is 1. The average Bonchev–Trinajstić information content (AvgIpc) is 3.28. The Morgan fingerprint density at radius 3 is 3.04 bits per heavy atom. The standard InChI is InChI=1S/C21H23N3O2/c1-2-9-23-20(6-1)25-13-17-8-11-26-21(17)14-24(15-21)12-16-4-3-5-19-18(16)7-10-22-19/h1-7,9-10,17,22H,8,11-15H2/t17-/m1/s1. The molecule has 26 heavy (non-hydrogen) atoms. The summed E-state index contributed by atoms with van der Waals surface area (Å²) in [7, 11) is 0. The Morgan fingerprint density at radius 2 is 2.15 bits per heavy atom. The molecular weight excluding hydrogens is 326 g/mol. The largest absolute Gasteiger partial charge is 0.477 e. The summed E-state index contributed by atoms with van der Waals surface area (Å²) in [6.45, 7) is 4.43. The van der Waals surface area contributed by atoms with Crippen molar-refractivity contribution in [3.63, 3.8) is 0 Å². The van der Waals surface area contributed by atoms with Gasteiger partial charge in [-0.2, -0.15) is 0 Å². The molecule has 2 aromatic heterocycles. The Balaban J connectivity index is 1.22. The van der Waals surface area contributed by atoms with Crippen LogP contribution in [0, 0.1) is 5.92 Å². The molecule has 134 valence electrons. The van der Waals surface area contributed by atoms with Crippen LogP contribution in [0.25, 0.3) is 10.9 Å². The summed E-state index contributed by atoms with van der Waals surface area (Å²) in [6, 6.07) is 14.4. The highest BCUT2D eigenvalue weighted by atomic mass is 16.5.